The number of hydrogen-bond donors (Lipinski definition) is 2. The number of nitrogens with two attached hydrogens (primary N) is 1. The van der Waals surface area contributed by atoms with Crippen molar-refractivity contribution in [2.75, 3.05) is 5.73 Å². The van der Waals surface area contributed by atoms with Crippen molar-refractivity contribution in [3.8, 4) is 0 Å². The Kier molecular flexibility index (Phi) is 2.28. The van der Waals surface area contributed by atoms with Crippen LogP contribution in [0.2, 0.25) is 0 Å². The van der Waals surface area contributed by atoms with Crippen LogP contribution in [0.4, 0.5) is 5.82 Å². The predicted molar refractivity (Wildman–Crippen MR) is 56.1 cm³/mol. The Bertz CT molecular complexity index is 478. The number of anilines is 1. The average Bonchev–Trinajstić information content (AvgIpc) is 2.61. The molecule has 2 rings (SSSR count). The molecule has 6 heteroatoms. The van der Waals surface area contributed by atoms with Crippen molar-refractivity contribution in [2.24, 2.45) is 0 Å². The second kappa shape index (κ2) is 3.47. The molecule has 3 N–H and O–H groups in total. The summed E-state index contributed by atoms with van der Waals surface area (Å²) in [7, 11) is 0. The van der Waals surface area contributed by atoms with Gasteiger partial charge in [-0.05, 0) is 13.8 Å². The van der Waals surface area contributed by atoms with E-state index in [1.54, 1.807) is 17.8 Å². The van der Waals surface area contributed by atoms with Crippen molar-refractivity contribution in [1.29, 1.82) is 0 Å². The van der Waals surface area contributed by atoms with Gasteiger partial charge in [0.05, 0.1) is 18.5 Å². The van der Waals surface area contributed by atoms with Crippen molar-refractivity contribution in [3.05, 3.63) is 12.7 Å². The fourth-order valence-corrected chi connectivity index (χ4v) is 1.40. The van der Waals surface area contributed by atoms with Gasteiger partial charge in [0, 0.05) is 0 Å². The van der Waals surface area contributed by atoms with Crippen LogP contribution in [-0.4, -0.2) is 30.7 Å². The van der Waals surface area contributed by atoms with Crippen LogP contribution in [0.1, 0.15) is 19.9 Å². The number of aliphatic hydroxyl groups is 1. The van der Waals surface area contributed by atoms with Gasteiger partial charge in [0.1, 0.15) is 11.8 Å². The number of rotatable bonds is 2. The molecule has 0 aromatic carbocycles. The molecule has 15 heavy (non-hydrogen) atoms. The highest BCUT2D eigenvalue weighted by atomic mass is 16.3. The molecule has 0 aliphatic rings. The summed E-state index contributed by atoms with van der Waals surface area (Å²) in [6.45, 7) is 3.62. The molecule has 0 radical (unpaired) electrons. The number of aliphatic hydroxyl groups excluding tert-OH is 1. The first kappa shape index (κ1) is 9.85. The molecular formula is C9H13N5O. The third kappa shape index (κ3) is 1.52. The van der Waals surface area contributed by atoms with E-state index in [0.29, 0.717) is 17.0 Å². The smallest absolute Gasteiger partial charge is 0.165 e. The summed E-state index contributed by atoms with van der Waals surface area (Å²) in [5.41, 5.74) is 6.88. The fraction of sp³-hybridized carbons (Fsp3) is 0.444. The van der Waals surface area contributed by atoms with Gasteiger partial charge in [0.15, 0.2) is 11.5 Å². The Morgan fingerprint density at radius 1 is 1.33 bits per heavy atom. The minimum Gasteiger partial charge on any atom is -0.391 e. The van der Waals surface area contributed by atoms with E-state index < -0.39 is 6.10 Å². The number of nitrogens with zero attached hydrogens (tertiary/aromatic N) is 4. The summed E-state index contributed by atoms with van der Waals surface area (Å²) in [6.07, 6.45) is 2.54. The number of imidazole rings is 1. The SMILES string of the molecule is CC(O)C(C)n1cnc2c(N)ncnc21. The molecule has 0 saturated heterocycles. The molecule has 0 bridgehead atoms. The summed E-state index contributed by atoms with van der Waals surface area (Å²) in [6, 6.07) is -0.0932. The molecule has 0 aliphatic carbocycles. The summed E-state index contributed by atoms with van der Waals surface area (Å²) in [5, 5.41) is 9.50. The van der Waals surface area contributed by atoms with Crippen molar-refractivity contribution in [1.82, 2.24) is 19.5 Å². The van der Waals surface area contributed by atoms with Crippen LogP contribution >= 0.6 is 0 Å². The Balaban J connectivity index is 2.59. The van der Waals surface area contributed by atoms with Crippen LogP contribution in [0, 0.1) is 0 Å². The van der Waals surface area contributed by atoms with Gasteiger partial charge >= 0.3 is 0 Å². The number of hydrogen-bond acceptors (Lipinski definition) is 5. The van der Waals surface area contributed by atoms with Gasteiger partial charge in [-0.25, -0.2) is 15.0 Å². The summed E-state index contributed by atoms with van der Waals surface area (Å²) < 4.78 is 1.79. The monoisotopic (exact) mass is 207 g/mol. The van der Waals surface area contributed by atoms with Crippen LogP contribution in [0.3, 0.4) is 0 Å². The molecule has 2 atom stereocenters. The van der Waals surface area contributed by atoms with Crippen molar-refractivity contribution in [2.45, 2.75) is 26.0 Å². The molecule has 0 fully saturated rings. The topological polar surface area (TPSA) is 89.8 Å². The van der Waals surface area contributed by atoms with Gasteiger partial charge in [-0.2, -0.15) is 0 Å². The third-order valence-corrected chi connectivity index (χ3v) is 2.52. The highest BCUT2D eigenvalue weighted by molar-refractivity contribution is 5.81. The molecule has 2 aromatic rings. The van der Waals surface area contributed by atoms with E-state index in [2.05, 4.69) is 15.0 Å². The summed E-state index contributed by atoms with van der Waals surface area (Å²) in [4.78, 5) is 12.1. The van der Waals surface area contributed by atoms with E-state index in [1.165, 1.54) is 6.33 Å². The van der Waals surface area contributed by atoms with Gasteiger partial charge in [-0.3, -0.25) is 0 Å². The maximum atomic E-state index is 9.50. The average molecular weight is 207 g/mol. The van der Waals surface area contributed by atoms with E-state index in [4.69, 9.17) is 5.73 Å². The predicted octanol–water partition coefficient (Wildman–Crippen LogP) is 0.350. The molecule has 0 spiro atoms. The molecular weight excluding hydrogens is 194 g/mol. The molecule has 6 nitrogen and oxygen atoms in total. The second-order valence-electron chi connectivity index (χ2n) is 3.56. The van der Waals surface area contributed by atoms with Crippen molar-refractivity contribution in [3.63, 3.8) is 0 Å². The maximum absolute atomic E-state index is 9.50. The van der Waals surface area contributed by atoms with E-state index in [1.807, 2.05) is 6.92 Å². The number of fused-ring (bicyclic) bond motifs is 1. The van der Waals surface area contributed by atoms with Gasteiger partial charge in [-0.15, -0.1) is 0 Å². The zero-order valence-corrected chi connectivity index (χ0v) is 8.62. The second-order valence-corrected chi connectivity index (χ2v) is 3.56. The van der Waals surface area contributed by atoms with Crippen LogP contribution < -0.4 is 5.73 Å². The van der Waals surface area contributed by atoms with E-state index in [9.17, 15) is 5.11 Å². The molecule has 2 aromatic heterocycles. The Morgan fingerprint density at radius 3 is 2.73 bits per heavy atom. The zero-order valence-electron chi connectivity index (χ0n) is 8.62. The lowest BCUT2D eigenvalue weighted by Crippen LogP contribution is -2.17. The Hall–Kier alpha value is -1.69. The zero-order chi connectivity index (χ0) is 11.0. The van der Waals surface area contributed by atoms with Gasteiger partial charge in [0.25, 0.3) is 0 Å². The molecule has 80 valence electrons. The minimum atomic E-state index is -0.474. The van der Waals surface area contributed by atoms with Crippen LogP contribution in [0.15, 0.2) is 12.7 Å². The lowest BCUT2D eigenvalue weighted by Gasteiger charge is -2.16. The molecule has 2 unspecified atom stereocenters. The lowest BCUT2D eigenvalue weighted by atomic mass is 10.2. The Morgan fingerprint density at radius 2 is 2.07 bits per heavy atom. The van der Waals surface area contributed by atoms with Crippen molar-refractivity contribution < 1.29 is 5.11 Å². The fourth-order valence-electron chi connectivity index (χ4n) is 1.40. The first-order chi connectivity index (χ1) is 7.11. The van der Waals surface area contributed by atoms with Gasteiger partial charge in [-0.1, -0.05) is 0 Å². The van der Waals surface area contributed by atoms with Crippen LogP contribution in [0.5, 0.6) is 0 Å². The third-order valence-electron chi connectivity index (χ3n) is 2.52. The first-order valence-corrected chi connectivity index (χ1v) is 4.72. The van der Waals surface area contributed by atoms with Crippen molar-refractivity contribution >= 4 is 17.0 Å². The molecule has 0 amide bonds. The molecule has 2 heterocycles. The van der Waals surface area contributed by atoms with E-state index in [-0.39, 0.29) is 6.04 Å². The molecule has 0 aliphatic heterocycles. The normalized spacial score (nSPS) is 15.4. The molecule has 0 saturated carbocycles. The minimum absolute atomic E-state index is 0.0932. The summed E-state index contributed by atoms with van der Waals surface area (Å²) in [5.74, 6) is 0.358. The van der Waals surface area contributed by atoms with E-state index >= 15 is 0 Å². The number of aromatic nitrogens is 4. The van der Waals surface area contributed by atoms with Gasteiger partial charge in [0.2, 0.25) is 0 Å². The van der Waals surface area contributed by atoms with Gasteiger partial charge < -0.3 is 15.4 Å². The highest BCUT2D eigenvalue weighted by Gasteiger charge is 2.15. The van der Waals surface area contributed by atoms with E-state index in [0.717, 1.165) is 0 Å². The number of nitrogen functional groups attached to an aromatic ring is 1. The first-order valence-electron chi connectivity index (χ1n) is 4.72. The van der Waals surface area contributed by atoms with Crippen LogP contribution in [0.25, 0.3) is 11.2 Å². The van der Waals surface area contributed by atoms with Crippen LogP contribution in [-0.2, 0) is 0 Å². The largest absolute Gasteiger partial charge is 0.391 e. The quantitative estimate of drug-likeness (QED) is 0.741. The lowest BCUT2D eigenvalue weighted by molar-refractivity contribution is 0.140. The summed E-state index contributed by atoms with van der Waals surface area (Å²) >= 11 is 0. The maximum Gasteiger partial charge on any atom is 0.165 e. The highest BCUT2D eigenvalue weighted by Crippen LogP contribution is 2.20. The Labute approximate surface area is 86.8 Å². The standard InChI is InChI=1S/C9H13N5O/c1-5(6(2)15)14-4-13-7-8(10)11-3-12-9(7)14/h3-6,15H,1-2H3,(H2,10,11,12).